The van der Waals surface area contributed by atoms with E-state index in [2.05, 4.69) is 15.6 Å². The first-order valence-electron chi connectivity index (χ1n) is 13.9. The van der Waals surface area contributed by atoms with Crippen molar-refractivity contribution in [1.82, 2.24) is 20.5 Å². The van der Waals surface area contributed by atoms with Crippen molar-refractivity contribution in [1.29, 1.82) is 0 Å². The molecule has 1 fully saturated rings. The average Bonchev–Trinajstić information content (AvgIpc) is 3.59. The molecule has 216 valence electrons. The molecule has 0 spiro atoms. The van der Waals surface area contributed by atoms with Crippen LogP contribution in [0, 0.1) is 0 Å². The highest BCUT2D eigenvalue weighted by Gasteiger charge is 2.38. The normalized spacial score (nSPS) is 18.5. The number of likely N-dealkylation sites (tertiary alicyclic amines) is 1. The number of pyridine rings is 1. The van der Waals surface area contributed by atoms with Crippen LogP contribution in [0.4, 0.5) is 10.5 Å². The van der Waals surface area contributed by atoms with Crippen molar-refractivity contribution in [2.24, 2.45) is 0 Å². The number of fused-ring (bicyclic) bond motifs is 1. The number of hydrogen-bond acceptors (Lipinski definition) is 6. The van der Waals surface area contributed by atoms with Crippen LogP contribution in [0.2, 0.25) is 5.02 Å². The molecule has 2 aliphatic heterocycles. The topological polar surface area (TPSA) is 86.8 Å². The van der Waals surface area contributed by atoms with Gasteiger partial charge in [0.1, 0.15) is 0 Å². The quantitative estimate of drug-likeness (QED) is 0.339. The molecule has 2 atom stereocenters. The summed E-state index contributed by atoms with van der Waals surface area (Å²) in [7, 11) is 1.65. The van der Waals surface area contributed by atoms with Crippen molar-refractivity contribution in [3.63, 3.8) is 0 Å². The van der Waals surface area contributed by atoms with Gasteiger partial charge in [-0.05, 0) is 60.5 Å². The maximum atomic E-state index is 13.4. The summed E-state index contributed by atoms with van der Waals surface area (Å²) >= 11 is 14.0. The van der Waals surface area contributed by atoms with Gasteiger partial charge in [0.2, 0.25) is 0 Å². The minimum atomic E-state index is -0.273. The number of aromatic nitrogens is 1. The van der Waals surface area contributed by atoms with Gasteiger partial charge in [-0.1, -0.05) is 36.0 Å². The van der Waals surface area contributed by atoms with Gasteiger partial charge in [-0.25, -0.2) is 4.79 Å². The standard InChI is InChI=1S/C30H34ClN5O3S2/c1-39-23-17-26(28(40)33-13-10-22-6-2-4-12-32-22)36(19-23)30(38)34-18-21-9-8-20(16-24(21)31)29(37)35-14-5-3-7-27-25(35)11-15-41-27/h2,4,6,8-9,11-12,15-16,23,26H,3,5,7,10,13-14,17-19H2,1H3,(H,33,40)(H,34,38)/t23-,26+/m1/s1. The lowest BCUT2D eigenvalue weighted by Gasteiger charge is -2.26. The molecule has 2 aromatic heterocycles. The molecule has 3 aromatic rings. The van der Waals surface area contributed by atoms with E-state index in [1.165, 1.54) is 4.88 Å². The molecular weight excluding hydrogens is 578 g/mol. The highest BCUT2D eigenvalue weighted by atomic mass is 35.5. The second-order valence-electron chi connectivity index (χ2n) is 10.2. The Balaban J connectivity index is 1.19. The van der Waals surface area contributed by atoms with Crippen LogP contribution >= 0.6 is 35.2 Å². The molecule has 2 aliphatic rings. The highest BCUT2D eigenvalue weighted by molar-refractivity contribution is 7.80. The largest absolute Gasteiger partial charge is 0.380 e. The number of thiophene rings is 1. The van der Waals surface area contributed by atoms with E-state index in [1.54, 1.807) is 41.7 Å². The number of thiocarbonyl (C=S) groups is 1. The lowest BCUT2D eigenvalue weighted by Crippen LogP contribution is -2.49. The molecule has 11 heteroatoms. The van der Waals surface area contributed by atoms with Crippen LogP contribution < -0.4 is 15.5 Å². The van der Waals surface area contributed by atoms with E-state index >= 15 is 0 Å². The number of nitrogens with zero attached hydrogens (tertiary/aromatic N) is 3. The van der Waals surface area contributed by atoms with Crippen LogP contribution in [0.3, 0.4) is 0 Å². The first kappa shape index (κ1) is 29.4. The van der Waals surface area contributed by atoms with Gasteiger partial charge in [0.15, 0.2) is 0 Å². The second-order valence-corrected chi connectivity index (χ2v) is 12.1. The Morgan fingerprint density at radius 3 is 2.85 bits per heavy atom. The monoisotopic (exact) mass is 611 g/mol. The third-order valence-corrected chi connectivity index (χ3v) is 9.33. The van der Waals surface area contributed by atoms with E-state index < -0.39 is 0 Å². The van der Waals surface area contributed by atoms with Crippen molar-refractivity contribution in [2.45, 2.75) is 50.8 Å². The number of carbonyl (C=O) groups excluding carboxylic acids is 2. The van der Waals surface area contributed by atoms with Crippen LogP contribution in [0.1, 0.15) is 45.8 Å². The van der Waals surface area contributed by atoms with E-state index in [4.69, 9.17) is 28.6 Å². The Morgan fingerprint density at radius 2 is 2.07 bits per heavy atom. The van der Waals surface area contributed by atoms with Gasteiger partial charge >= 0.3 is 6.03 Å². The van der Waals surface area contributed by atoms with Gasteiger partial charge in [0.05, 0.1) is 22.8 Å². The molecule has 0 bridgehead atoms. The van der Waals surface area contributed by atoms with Crippen molar-refractivity contribution in [3.05, 3.63) is 80.8 Å². The third kappa shape index (κ3) is 7.06. The summed E-state index contributed by atoms with van der Waals surface area (Å²) in [5.74, 6) is -0.0568. The van der Waals surface area contributed by atoms with Crippen molar-refractivity contribution < 1.29 is 14.3 Å². The Kier molecular flexibility index (Phi) is 9.87. The zero-order valence-electron chi connectivity index (χ0n) is 23.0. The lowest BCUT2D eigenvalue weighted by atomic mass is 10.1. The molecule has 0 radical (unpaired) electrons. The summed E-state index contributed by atoms with van der Waals surface area (Å²) in [6.07, 6.45) is 6.08. The molecule has 5 rings (SSSR count). The average molecular weight is 612 g/mol. The molecule has 0 unspecified atom stereocenters. The number of benzene rings is 1. The summed E-state index contributed by atoms with van der Waals surface area (Å²) < 4.78 is 5.56. The number of nitrogens with one attached hydrogen (secondary N) is 2. The van der Waals surface area contributed by atoms with Crippen LogP contribution in [0.5, 0.6) is 0 Å². The molecule has 1 aromatic carbocycles. The fraction of sp³-hybridized carbons (Fsp3) is 0.400. The SMILES string of the molecule is CO[C@@H]1C[C@@H](C(=S)NCCc2ccccn2)N(C(=O)NCc2ccc(C(=O)N3CCCCc4sccc43)cc2Cl)C1. The van der Waals surface area contributed by atoms with Crippen molar-refractivity contribution in [2.75, 3.05) is 31.6 Å². The zero-order chi connectivity index (χ0) is 28.8. The van der Waals surface area contributed by atoms with E-state index in [0.29, 0.717) is 41.6 Å². The van der Waals surface area contributed by atoms with E-state index in [9.17, 15) is 9.59 Å². The number of halogens is 1. The van der Waals surface area contributed by atoms with Gasteiger partial charge < -0.3 is 25.2 Å². The van der Waals surface area contributed by atoms with E-state index in [0.717, 1.165) is 42.6 Å². The summed E-state index contributed by atoms with van der Waals surface area (Å²) in [6.45, 7) is 1.99. The lowest BCUT2D eigenvalue weighted by molar-refractivity contribution is 0.0987. The molecule has 4 heterocycles. The molecular formula is C30H34ClN5O3S2. The minimum Gasteiger partial charge on any atom is -0.380 e. The second kappa shape index (κ2) is 13.7. The van der Waals surface area contributed by atoms with Crippen LogP contribution in [0.25, 0.3) is 0 Å². The fourth-order valence-corrected chi connectivity index (χ4v) is 6.81. The third-order valence-electron chi connectivity index (χ3n) is 7.59. The first-order valence-corrected chi connectivity index (χ1v) is 15.5. The Labute approximate surface area is 255 Å². The molecule has 0 aliphatic carbocycles. The van der Waals surface area contributed by atoms with Gasteiger partial charge in [0, 0.05) is 73.5 Å². The van der Waals surface area contributed by atoms with E-state index in [1.807, 2.05) is 40.6 Å². The molecule has 41 heavy (non-hydrogen) atoms. The predicted octanol–water partition coefficient (Wildman–Crippen LogP) is 5.24. The Hall–Kier alpha value is -3.05. The molecule has 3 amide bonds. The molecule has 8 nitrogen and oxygen atoms in total. The summed E-state index contributed by atoms with van der Waals surface area (Å²) in [4.78, 5) is 36.4. The number of amides is 3. The van der Waals surface area contributed by atoms with Gasteiger partial charge in [0.25, 0.3) is 5.91 Å². The van der Waals surface area contributed by atoms with Crippen LogP contribution in [0.15, 0.2) is 54.0 Å². The minimum absolute atomic E-state index is 0.0568. The number of ether oxygens (including phenoxy) is 1. The Morgan fingerprint density at radius 1 is 1.20 bits per heavy atom. The summed E-state index contributed by atoms with van der Waals surface area (Å²) in [6, 6.07) is 12.6. The molecule has 2 N–H and O–H groups in total. The van der Waals surface area contributed by atoms with Gasteiger partial charge in [-0.15, -0.1) is 11.3 Å². The fourth-order valence-electron chi connectivity index (χ4n) is 5.32. The summed E-state index contributed by atoms with van der Waals surface area (Å²) in [5.41, 5.74) is 3.25. The first-order chi connectivity index (χ1) is 19.9. The number of urea groups is 1. The van der Waals surface area contributed by atoms with Gasteiger partial charge in [-0.3, -0.25) is 9.78 Å². The number of aryl methyl sites for hydroxylation is 1. The smallest absolute Gasteiger partial charge is 0.318 e. The Bertz CT molecular complexity index is 1390. The number of rotatable bonds is 8. The molecule has 1 saturated heterocycles. The van der Waals surface area contributed by atoms with Crippen LogP contribution in [-0.2, 0) is 24.1 Å². The summed E-state index contributed by atoms with van der Waals surface area (Å²) in [5, 5.41) is 8.76. The van der Waals surface area contributed by atoms with Crippen molar-refractivity contribution >= 4 is 57.8 Å². The number of anilines is 1. The van der Waals surface area contributed by atoms with Crippen LogP contribution in [-0.4, -0.2) is 65.7 Å². The zero-order valence-corrected chi connectivity index (χ0v) is 25.4. The van der Waals surface area contributed by atoms with E-state index in [-0.39, 0.29) is 30.6 Å². The highest BCUT2D eigenvalue weighted by Crippen LogP contribution is 2.32. The van der Waals surface area contributed by atoms with Crippen molar-refractivity contribution in [3.8, 4) is 0 Å². The number of hydrogen-bond donors (Lipinski definition) is 2. The van der Waals surface area contributed by atoms with Gasteiger partial charge in [-0.2, -0.15) is 0 Å². The maximum Gasteiger partial charge on any atom is 0.318 e. The molecule has 0 saturated carbocycles. The number of methoxy groups -OCH3 is 1. The predicted molar refractivity (Wildman–Crippen MR) is 167 cm³/mol. The maximum absolute atomic E-state index is 13.4. The number of carbonyl (C=O) groups is 2.